The molecule has 7 nitrogen and oxygen atoms in total. The first-order valence-corrected chi connectivity index (χ1v) is 5.37. The fourth-order valence-corrected chi connectivity index (χ4v) is 1.45. The van der Waals surface area contributed by atoms with E-state index >= 15 is 0 Å². The largest absolute Gasteiger partial charge is 0.507 e. The standard InChI is InChI=1S/C12H13NO6/c1-6-3-2-4-7(10(6)16)11(17)13-8(12(18)19)5-9(14)15/h2-4,8,16H,5H2,1H3,(H,13,17)(H,14,15)(H,18,19)/t8-/m0/s1. The van der Waals surface area contributed by atoms with Crippen molar-refractivity contribution < 1.29 is 29.7 Å². The number of carboxylic acid groups (broad SMARTS) is 2. The van der Waals surface area contributed by atoms with Crippen molar-refractivity contribution in [3.63, 3.8) is 0 Å². The van der Waals surface area contributed by atoms with Crippen molar-refractivity contribution in [2.24, 2.45) is 0 Å². The van der Waals surface area contributed by atoms with Crippen LogP contribution in [0.5, 0.6) is 5.75 Å². The number of carboxylic acids is 2. The Hall–Kier alpha value is -2.57. The predicted octanol–water partition coefficient (Wildman–Crippen LogP) is 0.358. The highest BCUT2D eigenvalue weighted by atomic mass is 16.4. The maximum atomic E-state index is 11.8. The van der Waals surface area contributed by atoms with Gasteiger partial charge in [-0.3, -0.25) is 9.59 Å². The number of hydrogen-bond acceptors (Lipinski definition) is 4. The Bertz CT molecular complexity index is 525. The van der Waals surface area contributed by atoms with Crippen molar-refractivity contribution in [1.29, 1.82) is 0 Å². The fourth-order valence-electron chi connectivity index (χ4n) is 1.45. The minimum atomic E-state index is -1.55. The molecule has 1 aromatic rings. The smallest absolute Gasteiger partial charge is 0.326 e. The molecule has 1 atom stereocenters. The van der Waals surface area contributed by atoms with Crippen molar-refractivity contribution in [3.05, 3.63) is 29.3 Å². The van der Waals surface area contributed by atoms with Gasteiger partial charge in [-0.05, 0) is 18.6 Å². The van der Waals surface area contributed by atoms with Gasteiger partial charge in [-0.2, -0.15) is 0 Å². The number of phenolic OH excluding ortho intramolecular Hbond substituents is 1. The van der Waals surface area contributed by atoms with Crippen molar-refractivity contribution in [1.82, 2.24) is 5.32 Å². The average Bonchev–Trinajstić information content (AvgIpc) is 2.31. The van der Waals surface area contributed by atoms with Crippen LogP contribution >= 0.6 is 0 Å². The van der Waals surface area contributed by atoms with Gasteiger partial charge in [-0.25, -0.2) is 4.79 Å². The van der Waals surface area contributed by atoms with E-state index in [1.54, 1.807) is 13.0 Å². The summed E-state index contributed by atoms with van der Waals surface area (Å²) >= 11 is 0. The zero-order valence-electron chi connectivity index (χ0n) is 10.1. The molecule has 0 heterocycles. The number of rotatable bonds is 5. The van der Waals surface area contributed by atoms with Gasteiger partial charge in [0.05, 0.1) is 12.0 Å². The van der Waals surface area contributed by atoms with Crippen LogP contribution < -0.4 is 5.32 Å². The first-order valence-electron chi connectivity index (χ1n) is 5.37. The van der Waals surface area contributed by atoms with E-state index in [1.165, 1.54) is 12.1 Å². The van der Waals surface area contributed by atoms with Gasteiger partial charge in [-0.1, -0.05) is 12.1 Å². The Balaban J connectivity index is 2.91. The highest BCUT2D eigenvalue weighted by Gasteiger charge is 2.24. The lowest BCUT2D eigenvalue weighted by molar-refractivity contribution is -0.145. The molecule has 19 heavy (non-hydrogen) atoms. The third-order valence-electron chi connectivity index (χ3n) is 2.46. The summed E-state index contributed by atoms with van der Waals surface area (Å²) in [6, 6.07) is 2.87. The number of benzene rings is 1. The average molecular weight is 267 g/mol. The van der Waals surface area contributed by atoms with Crippen LogP contribution in [0.1, 0.15) is 22.3 Å². The first-order chi connectivity index (χ1) is 8.82. The van der Waals surface area contributed by atoms with Crippen LogP contribution in [-0.4, -0.2) is 39.2 Å². The molecule has 0 aliphatic carbocycles. The maximum Gasteiger partial charge on any atom is 0.326 e. The van der Waals surface area contributed by atoms with Crippen molar-refractivity contribution in [3.8, 4) is 5.75 Å². The van der Waals surface area contributed by atoms with E-state index < -0.39 is 30.3 Å². The molecule has 0 spiro atoms. The quantitative estimate of drug-likeness (QED) is 0.610. The number of aromatic hydroxyl groups is 1. The van der Waals surface area contributed by atoms with Crippen LogP contribution in [0.15, 0.2) is 18.2 Å². The molecule has 0 fully saturated rings. The molecule has 0 aliphatic heterocycles. The summed E-state index contributed by atoms with van der Waals surface area (Å²) in [5.74, 6) is -3.90. The second kappa shape index (κ2) is 5.85. The molecule has 1 aromatic carbocycles. The number of carbonyl (C=O) groups excluding carboxylic acids is 1. The molecule has 0 bridgehead atoms. The normalized spacial score (nSPS) is 11.6. The molecule has 0 aromatic heterocycles. The molecule has 1 amide bonds. The maximum absolute atomic E-state index is 11.8. The van der Waals surface area contributed by atoms with Gasteiger partial charge >= 0.3 is 11.9 Å². The van der Waals surface area contributed by atoms with E-state index in [9.17, 15) is 19.5 Å². The van der Waals surface area contributed by atoms with Crippen LogP contribution in [0.4, 0.5) is 0 Å². The molecule has 0 saturated carbocycles. The van der Waals surface area contributed by atoms with Gasteiger partial charge in [-0.15, -0.1) is 0 Å². The first kappa shape index (κ1) is 14.5. The predicted molar refractivity (Wildman–Crippen MR) is 64.0 cm³/mol. The van der Waals surface area contributed by atoms with Crippen molar-refractivity contribution in [2.75, 3.05) is 0 Å². The number of hydrogen-bond donors (Lipinski definition) is 4. The minimum Gasteiger partial charge on any atom is -0.507 e. The molecule has 0 radical (unpaired) electrons. The Morgan fingerprint density at radius 2 is 1.89 bits per heavy atom. The summed E-state index contributed by atoms with van der Waals surface area (Å²) in [4.78, 5) is 33.1. The van der Waals surface area contributed by atoms with E-state index in [0.717, 1.165) is 0 Å². The van der Waals surface area contributed by atoms with Gasteiger partial charge in [0.25, 0.3) is 5.91 Å². The third kappa shape index (κ3) is 3.70. The zero-order chi connectivity index (χ0) is 14.6. The van der Waals surface area contributed by atoms with Gasteiger partial charge in [0.15, 0.2) is 0 Å². The summed E-state index contributed by atoms with van der Waals surface area (Å²) in [5, 5.41) is 29.1. The number of phenols is 1. The van der Waals surface area contributed by atoms with Crippen LogP contribution in [0.3, 0.4) is 0 Å². The molecule has 4 N–H and O–H groups in total. The highest BCUT2D eigenvalue weighted by Crippen LogP contribution is 2.21. The summed E-state index contributed by atoms with van der Waals surface area (Å²) in [6.45, 7) is 1.58. The molecule has 1 rings (SSSR count). The Morgan fingerprint density at radius 3 is 2.42 bits per heavy atom. The lowest BCUT2D eigenvalue weighted by Gasteiger charge is -2.13. The minimum absolute atomic E-state index is 0.100. The summed E-state index contributed by atoms with van der Waals surface area (Å²) in [7, 11) is 0. The van der Waals surface area contributed by atoms with Crippen LogP contribution in [0.25, 0.3) is 0 Å². The highest BCUT2D eigenvalue weighted by molar-refractivity contribution is 5.99. The van der Waals surface area contributed by atoms with Crippen LogP contribution in [-0.2, 0) is 9.59 Å². The number of para-hydroxylation sites is 1. The Kier molecular flexibility index (Phi) is 4.46. The van der Waals surface area contributed by atoms with E-state index in [0.29, 0.717) is 5.56 Å². The summed E-state index contributed by atoms with van der Waals surface area (Å²) < 4.78 is 0. The number of nitrogens with one attached hydrogen (secondary N) is 1. The fraction of sp³-hybridized carbons (Fsp3) is 0.250. The molecule has 7 heteroatoms. The van der Waals surface area contributed by atoms with E-state index in [1.807, 2.05) is 0 Å². The topological polar surface area (TPSA) is 124 Å². The second-order valence-electron chi connectivity index (χ2n) is 3.93. The van der Waals surface area contributed by atoms with Crippen molar-refractivity contribution in [2.45, 2.75) is 19.4 Å². The van der Waals surface area contributed by atoms with Gasteiger partial charge in [0.1, 0.15) is 11.8 Å². The molecule has 0 unspecified atom stereocenters. The monoisotopic (exact) mass is 267 g/mol. The number of aryl methyl sites for hydroxylation is 1. The molecule has 0 aliphatic rings. The van der Waals surface area contributed by atoms with Gasteiger partial charge in [0.2, 0.25) is 0 Å². The van der Waals surface area contributed by atoms with Gasteiger partial charge < -0.3 is 20.6 Å². The van der Waals surface area contributed by atoms with Crippen LogP contribution in [0, 0.1) is 6.92 Å². The zero-order valence-corrected chi connectivity index (χ0v) is 10.1. The van der Waals surface area contributed by atoms with E-state index in [2.05, 4.69) is 5.32 Å². The SMILES string of the molecule is Cc1cccc(C(=O)N[C@@H](CC(=O)O)C(=O)O)c1O. The third-order valence-corrected chi connectivity index (χ3v) is 2.46. The Morgan fingerprint density at radius 1 is 1.26 bits per heavy atom. The lowest BCUT2D eigenvalue weighted by Crippen LogP contribution is -2.42. The molecular weight excluding hydrogens is 254 g/mol. The summed E-state index contributed by atoms with van der Waals surface area (Å²) in [6.07, 6.45) is -0.742. The number of amides is 1. The van der Waals surface area contributed by atoms with E-state index in [-0.39, 0.29) is 11.3 Å². The number of carbonyl (C=O) groups is 3. The van der Waals surface area contributed by atoms with Crippen LogP contribution in [0.2, 0.25) is 0 Å². The number of aliphatic carboxylic acids is 2. The molecule has 0 saturated heterocycles. The second-order valence-corrected chi connectivity index (χ2v) is 3.93. The van der Waals surface area contributed by atoms with Crippen molar-refractivity contribution >= 4 is 17.8 Å². The molecular formula is C12H13NO6. The molecule has 102 valence electrons. The van der Waals surface area contributed by atoms with E-state index in [4.69, 9.17) is 10.2 Å². The lowest BCUT2D eigenvalue weighted by atomic mass is 10.1. The Labute approximate surface area is 108 Å². The summed E-state index contributed by atoms with van der Waals surface area (Å²) in [5.41, 5.74) is 0.356. The van der Waals surface area contributed by atoms with Gasteiger partial charge in [0, 0.05) is 0 Å².